The Balaban J connectivity index is 1.98. The van der Waals surface area contributed by atoms with Gasteiger partial charge in [-0.1, -0.05) is 60.7 Å². The van der Waals surface area contributed by atoms with Gasteiger partial charge in [0, 0.05) is 17.7 Å². The minimum Gasteiger partial charge on any atom is -0.461 e. The third kappa shape index (κ3) is 8.96. The second kappa shape index (κ2) is 13.3. The Labute approximate surface area is 183 Å². The quantitative estimate of drug-likeness (QED) is 0.392. The van der Waals surface area contributed by atoms with Crippen LogP contribution >= 0.6 is 24.4 Å². The number of benzene rings is 2. The fourth-order valence-electron chi connectivity index (χ4n) is 2.96. The van der Waals surface area contributed by atoms with E-state index in [2.05, 4.69) is 17.9 Å². The van der Waals surface area contributed by atoms with Crippen LogP contribution in [0.4, 0.5) is 0 Å². The zero-order valence-electron chi connectivity index (χ0n) is 16.8. The molecule has 2 atom stereocenters. The Bertz CT molecular complexity index is 740. The predicted molar refractivity (Wildman–Crippen MR) is 123 cm³/mol. The van der Waals surface area contributed by atoms with E-state index < -0.39 is 0 Å². The van der Waals surface area contributed by atoms with Gasteiger partial charge in [-0.05, 0) is 36.0 Å². The van der Waals surface area contributed by atoms with E-state index in [1.807, 2.05) is 66.9 Å². The standard InChI is InChI=1S/C23H29NO3S2/c1-29-13-12-20(17-28)23(26)24-21(14-18-8-4-2-5-9-18)15-22(25)27-16-19-10-6-3-7-11-19/h2-11,20-21,28H,12-17H2,1H3,(H,24,26). The molecule has 0 fully saturated rings. The van der Waals surface area contributed by atoms with Crippen molar-refractivity contribution >= 4 is 36.3 Å². The van der Waals surface area contributed by atoms with Gasteiger partial charge in [-0.2, -0.15) is 24.4 Å². The molecule has 0 aliphatic heterocycles. The highest BCUT2D eigenvalue weighted by Gasteiger charge is 2.23. The molecule has 1 N–H and O–H groups in total. The molecule has 0 spiro atoms. The highest BCUT2D eigenvalue weighted by Crippen LogP contribution is 2.13. The van der Waals surface area contributed by atoms with Crippen LogP contribution in [0.5, 0.6) is 0 Å². The number of carbonyl (C=O) groups excluding carboxylic acids is 2. The predicted octanol–water partition coefficient (Wildman–Crippen LogP) is 4.15. The van der Waals surface area contributed by atoms with E-state index in [0.29, 0.717) is 12.2 Å². The zero-order chi connectivity index (χ0) is 20.9. The van der Waals surface area contributed by atoms with Crippen molar-refractivity contribution in [2.24, 2.45) is 5.92 Å². The maximum Gasteiger partial charge on any atom is 0.308 e. The number of rotatable bonds is 12. The molecule has 2 unspecified atom stereocenters. The summed E-state index contributed by atoms with van der Waals surface area (Å²) in [5.41, 5.74) is 2.01. The fourth-order valence-corrected chi connectivity index (χ4v) is 3.82. The largest absolute Gasteiger partial charge is 0.461 e. The Morgan fingerprint density at radius 3 is 2.24 bits per heavy atom. The lowest BCUT2D eigenvalue weighted by atomic mass is 10.0. The lowest BCUT2D eigenvalue weighted by Gasteiger charge is -2.22. The fraction of sp³-hybridized carbons (Fsp3) is 0.391. The number of hydrogen-bond acceptors (Lipinski definition) is 5. The van der Waals surface area contributed by atoms with Crippen molar-refractivity contribution in [3.63, 3.8) is 0 Å². The Hall–Kier alpha value is -1.92. The van der Waals surface area contributed by atoms with E-state index >= 15 is 0 Å². The highest BCUT2D eigenvalue weighted by atomic mass is 32.2. The monoisotopic (exact) mass is 431 g/mol. The van der Waals surface area contributed by atoms with Crippen molar-refractivity contribution in [3.8, 4) is 0 Å². The first-order valence-corrected chi connectivity index (χ1v) is 11.8. The van der Waals surface area contributed by atoms with Crippen molar-refractivity contribution in [2.75, 3.05) is 17.8 Å². The van der Waals surface area contributed by atoms with Gasteiger partial charge in [0.15, 0.2) is 0 Å². The second-order valence-corrected chi connectivity index (χ2v) is 8.26. The molecule has 156 valence electrons. The van der Waals surface area contributed by atoms with Crippen LogP contribution in [0, 0.1) is 5.92 Å². The molecule has 0 saturated heterocycles. The molecule has 0 bridgehead atoms. The van der Waals surface area contributed by atoms with Gasteiger partial charge < -0.3 is 10.1 Å². The molecule has 2 aromatic rings. The van der Waals surface area contributed by atoms with Gasteiger partial charge >= 0.3 is 5.97 Å². The van der Waals surface area contributed by atoms with Gasteiger partial charge in [-0.15, -0.1) is 0 Å². The van der Waals surface area contributed by atoms with Crippen LogP contribution in [-0.2, 0) is 27.4 Å². The molecule has 0 aromatic heterocycles. The molecule has 0 radical (unpaired) electrons. The molecule has 4 nitrogen and oxygen atoms in total. The number of ether oxygens (including phenoxy) is 1. The van der Waals surface area contributed by atoms with Crippen LogP contribution < -0.4 is 5.32 Å². The first kappa shape index (κ1) is 23.4. The normalized spacial score (nSPS) is 12.8. The molecule has 1 amide bonds. The number of thiol groups is 1. The lowest BCUT2D eigenvalue weighted by molar-refractivity contribution is -0.145. The average molecular weight is 432 g/mol. The Morgan fingerprint density at radius 2 is 1.66 bits per heavy atom. The number of esters is 1. The SMILES string of the molecule is CSCCC(CS)C(=O)NC(CC(=O)OCc1ccccc1)Cc1ccccc1. The van der Waals surface area contributed by atoms with E-state index in [4.69, 9.17) is 4.74 Å². The van der Waals surface area contributed by atoms with Gasteiger partial charge in [-0.25, -0.2) is 0 Å². The third-order valence-electron chi connectivity index (χ3n) is 4.59. The van der Waals surface area contributed by atoms with Gasteiger partial charge in [0.1, 0.15) is 6.61 Å². The van der Waals surface area contributed by atoms with Crippen molar-refractivity contribution in [2.45, 2.75) is 31.9 Å². The van der Waals surface area contributed by atoms with Gasteiger partial charge in [0.2, 0.25) is 5.91 Å². The third-order valence-corrected chi connectivity index (χ3v) is 5.67. The maximum absolute atomic E-state index is 12.7. The van der Waals surface area contributed by atoms with Crippen molar-refractivity contribution < 1.29 is 14.3 Å². The summed E-state index contributed by atoms with van der Waals surface area (Å²) >= 11 is 6.04. The average Bonchev–Trinajstić information content (AvgIpc) is 2.74. The first-order chi connectivity index (χ1) is 14.1. The first-order valence-electron chi connectivity index (χ1n) is 9.76. The Kier molecular flexibility index (Phi) is 10.7. The van der Waals surface area contributed by atoms with E-state index in [-0.39, 0.29) is 36.9 Å². The summed E-state index contributed by atoms with van der Waals surface area (Å²) in [4.78, 5) is 25.1. The number of carbonyl (C=O) groups is 2. The summed E-state index contributed by atoms with van der Waals surface area (Å²) in [6.45, 7) is 0.235. The van der Waals surface area contributed by atoms with Crippen LogP contribution in [0.3, 0.4) is 0 Å². The maximum atomic E-state index is 12.7. The molecule has 2 rings (SSSR count). The minimum atomic E-state index is -0.318. The smallest absolute Gasteiger partial charge is 0.308 e. The number of amides is 1. The number of hydrogen-bond donors (Lipinski definition) is 2. The van der Waals surface area contributed by atoms with Gasteiger partial charge in [-0.3, -0.25) is 9.59 Å². The Morgan fingerprint density at radius 1 is 1.03 bits per heavy atom. The molecule has 2 aromatic carbocycles. The molecule has 6 heteroatoms. The summed E-state index contributed by atoms with van der Waals surface area (Å²) in [5.74, 6) is 0.862. The van der Waals surface area contributed by atoms with Crippen molar-refractivity contribution in [1.82, 2.24) is 5.32 Å². The lowest BCUT2D eigenvalue weighted by Crippen LogP contribution is -2.42. The van der Waals surface area contributed by atoms with Crippen molar-refractivity contribution in [1.29, 1.82) is 0 Å². The van der Waals surface area contributed by atoms with Crippen LogP contribution in [-0.4, -0.2) is 35.7 Å². The zero-order valence-corrected chi connectivity index (χ0v) is 18.5. The van der Waals surface area contributed by atoms with Crippen LogP contribution in [0.15, 0.2) is 60.7 Å². The van der Waals surface area contributed by atoms with E-state index in [1.165, 1.54) is 0 Å². The summed E-state index contributed by atoms with van der Waals surface area (Å²) < 4.78 is 5.42. The van der Waals surface area contributed by atoms with Gasteiger partial charge in [0.05, 0.1) is 6.42 Å². The van der Waals surface area contributed by atoms with Crippen molar-refractivity contribution in [3.05, 3.63) is 71.8 Å². The molecule has 0 aliphatic carbocycles. The number of nitrogens with one attached hydrogen (secondary N) is 1. The molecule has 0 saturated carbocycles. The topological polar surface area (TPSA) is 55.4 Å². The molecular weight excluding hydrogens is 402 g/mol. The van der Waals surface area contributed by atoms with Crippen LogP contribution in [0.1, 0.15) is 24.0 Å². The molecule has 0 aliphatic rings. The van der Waals surface area contributed by atoms with E-state index in [1.54, 1.807) is 11.8 Å². The van der Waals surface area contributed by atoms with Crippen LogP contribution in [0.25, 0.3) is 0 Å². The summed E-state index contributed by atoms with van der Waals surface area (Å²) in [5, 5.41) is 3.06. The molecular formula is C23H29NO3S2. The van der Waals surface area contributed by atoms with Crippen LogP contribution in [0.2, 0.25) is 0 Å². The summed E-state index contributed by atoms with van der Waals surface area (Å²) in [6, 6.07) is 19.1. The van der Waals surface area contributed by atoms with E-state index in [0.717, 1.165) is 23.3 Å². The summed E-state index contributed by atoms with van der Waals surface area (Å²) in [6.07, 6.45) is 3.51. The summed E-state index contributed by atoms with van der Waals surface area (Å²) in [7, 11) is 0. The molecule has 29 heavy (non-hydrogen) atoms. The highest BCUT2D eigenvalue weighted by molar-refractivity contribution is 7.98. The minimum absolute atomic E-state index is 0.0501. The van der Waals surface area contributed by atoms with Gasteiger partial charge in [0.25, 0.3) is 0 Å². The molecule has 0 heterocycles. The second-order valence-electron chi connectivity index (χ2n) is 6.91. The van der Waals surface area contributed by atoms with E-state index in [9.17, 15) is 9.59 Å². The number of thioether (sulfide) groups is 1.